The van der Waals surface area contributed by atoms with Crippen LogP contribution in [0.2, 0.25) is 0 Å². The Morgan fingerprint density at radius 3 is 2.48 bits per heavy atom. The van der Waals surface area contributed by atoms with E-state index >= 15 is 0 Å². The SMILES string of the molecule is CCOC(OCC)C(=O)CC(=O)c1ccc2c(c1)OCO2. The van der Waals surface area contributed by atoms with Crippen LogP contribution in [0.1, 0.15) is 30.6 Å². The predicted octanol–water partition coefficient (Wildman–Crippen LogP) is 1.96. The second kappa shape index (κ2) is 7.19. The summed E-state index contributed by atoms with van der Waals surface area (Å²) >= 11 is 0. The highest BCUT2D eigenvalue weighted by atomic mass is 16.7. The maximum atomic E-state index is 12.1. The van der Waals surface area contributed by atoms with Crippen LogP contribution in [-0.2, 0) is 14.3 Å². The van der Waals surface area contributed by atoms with E-state index in [1.807, 2.05) is 0 Å². The number of Topliss-reactive ketones (excluding diaryl/α,β-unsaturated/α-hetero) is 2. The molecule has 0 fully saturated rings. The monoisotopic (exact) mass is 294 g/mol. The van der Waals surface area contributed by atoms with Crippen molar-refractivity contribution in [2.75, 3.05) is 20.0 Å². The van der Waals surface area contributed by atoms with E-state index < -0.39 is 6.29 Å². The normalized spacial score (nSPS) is 12.7. The number of ketones is 2. The van der Waals surface area contributed by atoms with E-state index in [1.165, 1.54) is 0 Å². The zero-order chi connectivity index (χ0) is 15.2. The molecule has 1 aliphatic heterocycles. The molecule has 0 aromatic heterocycles. The van der Waals surface area contributed by atoms with Gasteiger partial charge in [-0.05, 0) is 32.0 Å². The second-order valence-corrected chi connectivity index (χ2v) is 4.38. The van der Waals surface area contributed by atoms with Gasteiger partial charge in [0.2, 0.25) is 13.1 Å². The molecule has 2 rings (SSSR count). The van der Waals surface area contributed by atoms with Crippen molar-refractivity contribution in [3.63, 3.8) is 0 Å². The molecule has 0 saturated carbocycles. The number of hydrogen-bond donors (Lipinski definition) is 0. The number of benzene rings is 1. The first kappa shape index (κ1) is 15.5. The minimum Gasteiger partial charge on any atom is -0.454 e. The van der Waals surface area contributed by atoms with Crippen molar-refractivity contribution < 1.29 is 28.5 Å². The van der Waals surface area contributed by atoms with Crippen LogP contribution >= 0.6 is 0 Å². The summed E-state index contributed by atoms with van der Waals surface area (Å²) in [5.74, 6) is 0.419. The lowest BCUT2D eigenvalue weighted by Gasteiger charge is -2.15. The lowest BCUT2D eigenvalue weighted by molar-refractivity contribution is -0.166. The van der Waals surface area contributed by atoms with Crippen molar-refractivity contribution >= 4 is 11.6 Å². The molecule has 0 unspecified atom stereocenters. The molecule has 0 saturated heterocycles. The van der Waals surface area contributed by atoms with Crippen molar-refractivity contribution in [3.05, 3.63) is 23.8 Å². The summed E-state index contributed by atoms with van der Waals surface area (Å²) in [6.07, 6.45) is -1.26. The molecular weight excluding hydrogens is 276 g/mol. The molecule has 0 amide bonds. The van der Waals surface area contributed by atoms with Crippen LogP contribution in [0, 0.1) is 0 Å². The molecule has 0 bridgehead atoms. The van der Waals surface area contributed by atoms with Crippen molar-refractivity contribution in [1.29, 1.82) is 0 Å². The Balaban J connectivity index is 2.01. The summed E-state index contributed by atoms with van der Waals surface area (Å²) in [5.41, 5.74) is 0.402. The highest BCUT2D eigenvalue weighted by Gasteiger charge is 2.23. The zero-order valence-electron chi connectivity index (χ0n) is 12.1. The molecule has 0 radical (unpaired) electrons. The number of hydrogen-bond acceptors (Lipinski definition) is 6. The quantitative estimate of drug-likeness (QED) is 0.414. The van der Waals surface area contributed by atoms with E-state index in [4.69, 9.17) is 18.9 Å². The molecule has 1 aliphatic rings. The molecule has 0 aliphatic carbocycles. The maximum absolute atomic E-state index is 12.1. The fourth-order valence-corrected chi connectivity index (χ4v) is 1.95. The molecule has 0 N–H and O–H groups in total. The van der Waals surface area contributed by atoms with E-state index in [0.717, 1.165) is 0 Å². The molecule has 114 valence electrons. The van der Waals surface area contributed by atoms with E-state index in [9.17, 15) is 9.59 Å². The standard InChI is InChI=1S/C15H18O6/c1-3-18-15(19-4-2)12(17)8-11(16)10-5-6-13-14(7-10)21-9-20-13/h5-7,15H,3-4,8-9H2,1-2H3. The van der Waals surface area contributed by atoms with Crippen LogP contribution in [0.5, 0.6) is 11.5 Å². The van der Waals surface area contributed by atoms with Gasteiger partial charge in [-0.25, -0.2) is 0 Å². The van der Waals surface area contributed by atoms with E-state index in [2.05, 4.69) is 0 Å². The predicted molar refractivity (Wildman–Crippen MR) is 73.6 cm³/mol. The minimum atomic E-state index is -0.988. The third-order valence-corrected chi connectivity index (χ3v) is 2.93. The van der Waals surface area contributed by atoms with Crippen molar-refractivity contribution in [2.45, 2.75) is 26.6 Å². The van der Waals surface area contributed by atoms with Gasteiger partial charge in [0.25, 0.3) is 0 Å². The zero-order valence-corrected chi connectivity index (χ0v) is 12.1. The highest BCUT2D eigenvalue weighted by molar-refractivity contribution is 6.09. The fourth-order valence-electron chi connectivity index (χ4n) is 1.95. The van der Waals surface area contributed by atoms with Crippen LogP contribution in [-0.4, -0.2) is 37.9 Å². The Labute approximate surface area is 122 Å². The van der Waals surface area contributed by atoms with Gasteiger partial charge in [0.15, 0.2) is 23.1 Å². The van der Waals surface area contributed by atoms with E-state index in [-0.39, 0.29) is 24.8 Å². The van der Waals surface area contributed by atoms with E-state index in [0.29, 0.717) is 30.3 Å². The van der Waals surface area contributed by atoms with Crippen molar-refractivity contribution in [3.8, 4) is 11.5 Å². The Morgan fingerprint density at radius 2 is 1.81 bits per heavy atom. The molecule has 1 heterocycles. The van der Waals surface area contributed by atoms with Gasteiger partial charge >= 0.3 is 0 Å². The first-order valence-corrected chi connectivity index (χ1v) is 6.84. The molecular formula is C15H18O6. The summed E-state index contributed by atoms with van der Waals surface area (Å²) in [6, 6.07) is 4.84. The number of ether oxygens (including phenoxy) is 4. The first-order chi connectivity index (χ1) is 10.2. The molecule has 1 aromatic rings. The van der Waals surface area contributed by atoms with Gasteiger partial charge in [-0.1, -0.05) is 0 Å². The van der Waals surface area contributed by atoms with Crippen LogP contribution < -0.4 is 9.47 Å². The van der Waals surface area contributed by atoms with Gasteiger partial charge in [0, 0.05) is 18.8 Å². The van der Waals surface area contributed by atoms with Crippen molar-refractivity contribution in [1.82, 2.24) is 0 Å². The average molecular weight is 294 g/mol. The third-order valence-electron chi connectivity index (χ3n) is 2.93. The van der Waals surface area contributed by atoms with Crippen LogP contribution in [0.4, 0.5) is 0 Å². The first-order valence-electron chi connectivity index (χ1n) is 6.84. The average Bonchev–Trinajstić information content (AvgIpc) is 2.94. The lowest BCUT2D eigenvalue weighted by atomic mass is 10.1. The summed E-state index contributed by atoms with van der Waals surface area (Å²) in [4.78, 5) is 24.2. The van der Waals surface area contributed by atoms with Gasteiger partial charge in [-0.3, -0.25) is 9.59 Å². The summed E-state index contributed by atoms with van der Waals surface area (Å²) in [7, 11) is 0. The van der Waals surface area contributed by atoms with Crippen LogP contribution in [0.3, 0.4) is 0 Å². The topological polar surface area (TPSA) is 71.1 Å². The van der Waals surface area contributed by atoms with Gasteiger partial charge in [0.05, 0.1) is 6.42 Å². The third kappa shape index (κ3) is 3.80. The van der Waals surface area contributed by atoms with Gasteiger partial charge in [-0.15, -0.1) is 0 Å². The molecule has 0 atom stereocenters. The molecule has 6 nitrogen and oxygen atoms in total. The summed E-state index contributed by atoms with van der Waals surface area (Å²) in [5, 5.41) is 0. The fraction of sp³-hybridized carbons (Fsp3) is 0.467. The minimum absolute atomic E-state index is 0.142. The highest BCUT2D eigenvalue weighted by Crippen LogP contribution is 2.32. The molecule has 6 heteroatoms. The molecule has 0 spiro atoms. The summed E-state index contributed by atoms with van der Waals surface area (Å²) < 4.78 is 20.8. The number of carbonyl (C=O) groups excluding carboxylic acids is 2. The van der Waals surface area contributed by atoms with Crippen LogP contribution in [0.15, 0.2) is 18.2 Å². The Kier molecular flexibility index (Phi) is 5.30. The second-order valence-electron chi connectivity index (χ2n) is 4.38. The number of rotatable bonds is 8. The summed E-state index contributed by atoms with van der Waals surface area (Å²) in [6.45, 7) is 4.35. The Hall–Kier alpha value is -1.92. The van der Waals surface area contributed by atoms with Gasteiger partial charge < -0.3 is 18.9 Å². The largest absolute Gasteiger partial charge is 0.454 e. The van der Waals surface area contributed by atoms with Gasteiger partial charge in [-0.2, -0.15) is 0 Å². The van der Waals surface area contributed by atoms with E-state index in [1.54, 1.807) is 32.0 Å². The number of carbonyl (C=O) groups is 2. The molecule has 1 aromatic carbocycles. The molecule has 21 heavy (non-hydrogen) atoms. The lowest BCUT2D eigenvalue weighted by Crippen LogP contribution is -2.29. The number of fused-ring (bicyclic) bond motifs is 1. The maximum Gasteiger partial charge on any atom is 0.231 e. The van der Waals surface area contributed by atoms with Crippen LogP contribution in [0.25, 0.3) is 0 Å². The Morgan fingerprint density at radius 1 is 1.14 bits per heavy atom. The Bertz CT molecular complexity index is 519. The smallest absolute Gasteiger partial charge is 0.231 e. The van der Waals surface area contributed by atoms with Gasteiger partial charge in [0.1, 0.15) is 0 Å². The van der Waals surface area contributed by atoms with Crippen molar-refractivity contribution in [2.24, 2.45) is 0 Å².